The zero-order valence-electron chi connectivity index (χ0n) is 26.2. The molecule has 2 fully saturated rings. The minimum Gasteiger partial charge on any atom is -0.445 e. The maximum absolute atomic E-state index is 12.0. The molecule has 2 aromatic heterocycles. The van der Waals surface area contributed by atoms with Crippen LogP contribution in [0.15, 0.2) is 48.7 Å². The van der Waals surface area contributed by atoms with Gasteiger partial charge in [-0.2, -0.15) is 9.61 Å². The van der Waals surface area contributed by atoms with E-state index in [1.807, 2.05) is 47.1 Å². The number of alkyl carbamates (subject to hydrolysis) is 1. The van der Waals surface area contributed by atoms with Crippen molar-refractivity contribution in [2.24, 2.45) is 0 Å². The molecule has 43 heavy (non-hydrogen) atoms. The van der Waals surface area contributed by atoms with Crippen molar-refractivity contribution in [1.29, 1.82) is 0 Å². The molecule has 1 aromatic carbocycles. The minimum atomic E-state index is -0.353. The van der Waals surface area contributed by atoms with Crippen LogP contribution in [0.4, 0.5) is 10.6 Å². The number of benzene rings is 1. The van der Waals surface area contributed by atoms with Crippen LogP contribution in [0.3, 0.4) is 0 Å². The zero-order valence-corrected chi connectivity index (χ0v) is 26.2. The van der Waals surface area contributed by atoms with Crippen LogP contribution in [-0.4, -0.2) is 94.4 Å². The SMILES string of the molecule is CCC(CC)c1cc(N[C@H]2CC[C@H](NCC(C)N3CCN(CCNC(=O)OCc4ccccc4)CC3)C2)n2nccc2n1. The van der Waals surface area contributed by atoms with Gasteiger partial charge in [0.1, 0.15) is 12.4 Å². The van der Waals surface area contributed by atoms with Gasteiger partial charge in [-0.25, -0.2) is 9.78 Å². The van der Waals surface area contributed by atoms with Gasteiger partial charge in [-0.1, -0.05) is 44.2 Å². The fourth-order valence-electron chi connectivity index (χ4n) is 6.44. The van der Waals surface area contributed by atoms with Crippen molar-refractivity contribution >= 4 is 17.6 Å². The second kappa shape index (κ2) is 15.5. The number of hydrogen-bond acceptors (Lipinski definition) is 8. The first-order valence-corrected chi connectivity index (χ1v) is 16.3. The van der Waals surface area contributed by atoms with Crippen LogP contribution in [0, 0.1) is 0 Å². The molecule has 3 aromatic rings. The summed E-state index contributed by atoms with van der Waals surface area (Å²) in [6, 6.07) is 15.4. The number of rotatable bonds is 14. The number of fused-ring (bicyclic) bond motifs is 1. The average Bonchev–Trinajstić information content (AvgIpc) is 3.70. The van der Waals surface area contributed by atoms with E-state index in [-0.39, 0.29) is 6.09 Å². The van der Waals surface area contributed by atoms with Crippen molar-refractivity contribution in [1.82, 2.24) is 35.0 Å². The predicted molar refractivity (Wildman–Crippen MR) is 171 cm³/mol. The number of carbonyl (C=O) groups is 1. The summed E-state index contributed by atoms with van der Waals surface area (Å²) in [6.45, 7) is 13.7. The molecule has 234 valence electrons. The second-order valence-corrected chi connectivity index (χ2v) is 12.2. The van der Waals surface area contributed by atoms with Gasteiger partial charge in [0.05, 0.1) is 6.20 Å². The Morgan fingerprint density at radius 1 is 1.05 bits per heavy atom. The molecule has 1 saturated heterocycles. The lowest BCUT2D eigenvalue weighted by molar-refractivity contribution is 0.0989. The first-order valence-electron chi connectivity index (χ1n) is 16.3. The topological polar surface area (TPSA) is 99.1 Å². The first kappa shape index (κ1) is 31.2. The summed E-state index contributed by atoms with van der Waals surface area (Å²) in [6.07, 6.45) is 7.14. The highest BCUT2D eigenvalue weighted by molar-refractivity contribution is 5.67. The molecule has 3 N–H and O–H groups in total. The standard InChI is InChI=1S/C33H50N8O2/c1-4-27(5-2)30-22-32(41-31(38-30)13-14-36-41)37-29-12-11-28(21-29)35-23-25(3)40-19-17-39(18-20-40)16-15-34-33(42)43-24-26-9-7-6-8-10-26/h6-10,13-14,22,25,27-29,35,37H,4-5,11-12,15-21,23-24H2,1-3H3,(H,34,42)/t25?,28-,29-/m0/s1. The minimum absolute atomic E-state index is 0.300. The highest BCUT2D eigenvalue weighted by atomic mass is 16.5. The first-order chi connectivity index (χ1) is 21.0. The molecule has 0 radical (unpaired) electrons. The fourth-order valence-corrected chi connectivity index (χ4v) is 6.44. The predicted octanol–water partition coefficient (Wildman–Crippen LogP) is 4.49. The van der Waals surface area contributed by atoms with Crippen LogP contribution in [0.1, 0.15) is 70.1 Å². The number of carbonyl (C=O) groups excluding carboxylic acids is 1. The molecule has 1 aliphatic carbocycles. The number of anilines is 1. The lowest BCUT2D eigenvalue weighted by Gasteiger charge is -2.38. The van der Waals surface area contributed by atoms with Gasteiger partial charge in [-0.05, 0) is 44.6 Å². The third-order valence-electron chi connectivity index (χ3n) is 9.21. The summed E-state index contributed by atoms with van der Waals surface area (Å²) in [4.78, 5) is 21.9. The average molecular weight is 591 g/mol. The van der Waals surface area contributed by atoms with Crippen LogP contribution < -0.4 is 16.0 Å². The molecule has 10 nitrogen and oxygen atoms in total. The normalized spacial score (nSPS) is 20.5. The number of nitrogens with one attached hydrogen (secondary N) is 3. The van der Waals surface area contributed by atoms with Gasteiger partial charge in [0.15, 0.2) is 5.65 Å². The highest BCUT2D eigenvalue weighted by Crippen LogP contribution is 2.27. The molecule has 2 aliphatic rings. The Hall–Kier alpha value is -3.21. The molecule has 1 aliphatic heterocycles. The summed E-state index contributed by atoms with van der Waals surface area (Å²) in [5.74, 6) is 1.54. The highest BCUT2D eigenvalue weighted by Gasteiger charge is 2.27. The second-order valence-electron chi connectivity index (χ2n) is 12.2. The van der Waals surface area contributed by atoms with Crippen LogP contribution >= 0.6 is 0 Å². The van der Waals surface area contributed by atoms with Crippen molar-refractivity contribution in [2.75, 3.05) is 51.1 Å². The summed E-state index contributed by atoms with van der Waals surface area (Å²) in [5, 5.41) is 15.1. The van der Waals surface area contributed by atoms with Gasteiger partial charge in [0, 0.05) is 87.7 Å². The van der Waals surface area contributed by atoms with Crippen molar-refractivity contribution in [3.8, 4) is 0 Å². The fraction of sp³-hybridized carbons (Fsp3) is 0.606. The Balaban J connectivity index is 0.983. The zero-order chi connectivity index (χ0) is 30.0. The molecule has 0 spiro atoms. The monoisotopic (exact) mass is 590 g/mol. The van der Waals surface area contributed by atoms with Crippen molar-refractivity contribution in [2.45, 2.75) is 83.5 Å². The molecule has 1 unspecified atom stereocenters. The van der Waals surface area contributed by atoms with Crippen molar-refractivity contribution in [3.05, 3.63) is 59.9 Å². The Labute approximate surface area is 256 Å². The molecule has 0 bridgehead atoms. The molecule has 3 atom stereocenters. The van der Waals surface area contributed by atoms with E-state index in [0.717, 1.165) is 82.0 Å². The maximum atomic E-state index is 12.0. The van der Waals surface area contributed by atoms with E-state index >= 15 is 0 Å². The van der Waals surface area contributed by atoms with Crippen LogP contribution in [0.5, 0.6) is 0 Å². The van der Waals surface area contributed by atoms with Crippen LogP contribution in [0.2, 0.25) is 0 Å². The van der Waals surface area contributed by atoms with Crippen LogP contribution in [0.25, 0.3) is 5.65 Å². The molecule has 10 heteroatoms. The third kappa shape index (κ3) is 8.68. The van der Waals surface area contributed by atoms with E-state index in [1.54, 1.807) is 0 Å². The van der Waals surface area contributed by atoms with Gasteiger partial charge in [-0.15, -0.1) is 0 Å². The summed E-state index contributed by atoms with van der Waals surface area (Å²) in [5.41, 5.74) is 3.08. The van der Waals surface area contributed by atoms with E-state index in [1.165, 1.54) is 12.1 Å². The van der Waals surface area contributed by atoms with E-state index in [9.17, 15) is 4.79 Å². The lowest BCUT2D eigenvalue weighted by Crippen LogP contribution is -2.53. The summed E-state index contributed by atoms with van der Waals surface area (Å²) < 4.78 is 7.26. The maximum Gasteiger partial charge on any atom is 0.407 e. The van der Waals surface area contributed by atoms with Crippen molar-refractivity contribution < 1.29 is 9.53 Å². The largest absolute Gasteiger partial charge is 0.445 e. The molecular formula is C33H50N8O2. The smallest absolute Gasteiger partial charge is 0.407 e. The molecule has 1 saturated carbocycles. The number of ether oxygens (including phenoxy) is 1. The molecule has 3 heterocycles. The Morgan fingerprint density at radius 2 is 1.81 bits per heavy atom. The van der Waals surface area contributed by atoms with E-state index in [2.05, 4.69) is 57.7 Å². The number of amides is 1. The lowest BCUT2D eigenvalue weighted by atomic mass is 9.99. The third-order valence-corrected chi connectivity index (χ3v) is 9.21. The molecule has 5 rings (SSSR count). The summed E-state index contributed by atoms with van der Waals surface area (Å²) in [7, 11) is 0. The number of aromatic nitrogens is 3. The van der Waals surface area contributed by atoms with Crippen molar-refractivity contribution in [3.63, 3.8) is 0 Å². The van der Waals surface area contributed by atoms with Gasteiger partial charge < -0.3 is 20.7 Å². The number of nitrogens with zero attached hydrogens (tertiary/aromatic N) is 5. The molecular weight excluding hydrogens is 540 g/mol. The number of piperazine rings is 1. The van der Waals surface area contributed by atoms with E-state index < -0.39 is 0 Å². The quantitative estimate of drug-likeness (QED) is 0.253. The number of hydrogen-bond donors (Lipinski definition) is 3. The van der Waals surface area contributed by atoms with Gasteiger partial charge in [-0.3, -0.25) is 9.80 Å². The molecule has 1 amide bonds. The Bertz CT molecular complexity index is 1270. The Morgan fingerprint density at radius 3 is 2.58 bits per heavy atom. The van der Waals surface area contributed by atoms with Crippen LogP contribution in [-0.2, 0) is 11.3 Å². The summed E-state index contributed by atoms with van der Waals surface area (Å²) >= 11 is 0. The van der Waals surface area contributed by atoms with Gasteiger partial charge >= 0.3 is 6.09 Å². The Kier molecular flexibility index (Phi) is 11.3. The van der Waals surface area contributed by atoms with E-state index in [0.29, 0.717) is 37.2 Å². The van der Waals surface area contributed by atoms with E-state index in [4.69, 9.17) is 9.72 Å². The van der Waals surface area contributed by atoms with Gasteiger partial charge in [0.25, 0.3) is 0 Å². The van der Waals surface area contributed by atoms with Gasteiger partial charge in [0.2, 0.25) is 0 Å².